The highest BCUT2D eigenvalue weighted by molar-refractivity contribution is 5.95. The van der Waals surface area contributed by atoms with Crippen LogP contribution in [-0.2, 0) is 17.9 Å². The van der Waals surface area contributed by atoms with Gasteiger partial charge in [-0.15, -0.1) is 6.42 Å². The molecule has 2 N–H and O–H groups in total. The summed E-state index contributed by atoms with van der Waals surface area (Å²) in [6.07, 6.45) is 6.84. The minimum absolute atomic E-state index is 0.182. The van der Waals surface area contributed by atoms with Gasteiger partial charge in [0.15, 0.2) is 17.5 Å². The number of carbonyl (C=O) groups excluding carboxylic acids is 1. The molecule has 7 heteroatoms. The zero-order valence-corrected chi connectivity index (χ0v) is 18.0. The van der Waals surface area contributed by atoms with E-state index in [-0.39, 0.29) is 12.5 Å². The second kappa shape index (κ2) is 10.9. The lowest BCUT2D eigenvalue weighted by atomic mass is 10.2. The summed E-state index contributed by atoms with van der Waals surface area (Å²) in [7, 11) is 3.32. The molecule has 0 spiro atoms. The maximum atomic E-state index is 11.9. The van der Waals surface area contributed by atoms with Gasteiger partial charge in [0, 0.05) is 38.8 Å². The number of hydrogen-bond donors (Lipinski definition) is 2. The van der Waals surface area contributed by atoms with Crippen LogP contribution in [0.2, 0.25) is 0 Å². The van der Waals surface area contributed by atoms with Gasteiger partial charge in [0.25, 0.3) is 0 Å². The van der Waals surface area contributed by atoms with Gasteiger partial charge in [-0.05, 0) is 41.8 Å². The number of anilines is 1. The normalized spacial score (nSPS) is 13.6. The fourth-order valence-electron chi connectivity index (χ4n) is 3.37. The number of nitrogens with one attached hydrogen (secondary N) is 2. The molecule has 1 aliphatic rings. The number of hydrogen-bond acceptors (Lipinski definition) is 4. The molecule has 0 saturated carbocycles. The first-order valence-corrected chi connectivity index (χ1v) is 10.2. The van der Waals surface area contributed by atoms with Gasteiger partial charge in [-0.2, -0.15) is 0 Å². The highest BCUT2D eigenvalue weighted by Crippen LogP contribution is 2.28. The van der Waals surface area contributed by atoms with Gasteiger partial charge in [-0.3, -0.25) is 9.79 Å². The lowest BCUT2D eigenvalue weighted by Gasteiger charge is -2.16. The number of aliphatic imine (C=N–C) groups is 1. The minimum atomic E-state index is 0.182. The Hall–Kier alpha value is -3.66. The van der Waals surface area contributed by atoms with E-state index in [1.54, 1.807) is 14.2 Å². The summed E-state index contributed by atoms with van der Waals surface area (Å²) >= 11 is 0. The number of ether oxygens (including phenoxy) is 2. The first kappa shape index (κ1) is 22.0. The predicted octanol–water partition coefficient (Wildman–Crippen LogP) is 2.70. The smallest absolute Gasteiger partial charge is 0.227 e. The van der Waals surface area contributed by atoms with Crippen LogP contribution in [0.3, 0.4) is 0 Å². The number of methoxy groups -OCH3 is 1. The van der Waals surface area contributed by atoms with Crippen LogP contribution in [0.4, 0.5) is 5.69 Å². The SMILES string of the molecule is C#CCOc1cc(CNC(=NC)NCc2ccc(N3CCCC3=O)cc2)ccc1OC. The monoisotopic (exact) mass is 420 g/mol. The van der Waals surface area contributed by atoms with E-state index in [0.29, 0.717) is 37.0 Å². The van der Waals surface area contributed by atoms with E-state index < -0.39 is 0 Å². The van der Waals surface area contributed by atoms with Crippen LogP contribution in [0.25, 0.3) is 0 Å². The molecule has 0 aromatic heterocycles. The Bertz CT molecular complexity index is 964. The van der Waals surface area contributed by atoms with E-state index in [0.717, 1.165) is 29.8 Å². The van der Waals surface area contributed by atoms with Crippen LogP contribution in [0.5, 0.6) is 11.5 Å². The molecule has 1 saturated heterocycles. The van der Waals surface area contributed by atoms with Gasteiger partial charge in [-0.25, -0.2) is 0 Å². The zero-order chi connectivity index (χ0) is 22.1. The van der Waals surface area contributed by atoms with E-state index in [2.05, 4.69) is 21.5 Å². The van der Waals surface area contributed by atoms with Gasteiger partial charge in [0.05, 0.1) is 7.11 Å². The molecule has 2 aromatic rings. The Balaban J connectivity index is 1.53. The van der Waals surface area contributed by atoms with Gasteiger partial charge >= 0.3 is 0 Å². The molecule has 1 heterocycles. The highest BCUT2D eigenvalue weighted by atomic mass is 16.5. The predicted molar refractivity (Wildman–Crippen MR) is 122 cm³/mol. The van der Waals surface area contributed by atoms with Crippen LogP contribution >= 0.6 is 0 Å². The Morgan fingerprint density at radius 2 is 1.84 bits per heavy atom. The van der Waals surface area contributed by atoms with E-state index in [1.807, 2.05) is 47.4 Å². The Kier molecular flexibility index (Phi) is 7.77. The van der Waals surface area contributed by atoms with Crippen LogP contribution in [0.15, 0.2) is 47.5 Å². The molecule has 1 fully saturated rings. The largest absolute Gasteiger partial charge is 0.493 e. The molecule has 162 valence electrons. The number of nitrogens with zero attached hydrogens (tertiary/aromatic N) is 2. The van der Waals surface area contributed by atoms with Gasteiger partial charge in [-0.1, -0.05) is 24.1 Å². The number of carbonyl (C=O) groups is 1. The summed E-state index contributed by atoms with van der Waals surface area (Å²) in [5.41, 5.74) is 3.07. The first-order valence-electron chi connectivity index (χ1n) is 10.2. The van der Waals surface area contributed by atoms with Crippen molar-refractivity contribution in [2.75, 3.05) is 32.2 Å². The molecule has 0 atom stereocenters. The second-order valence-corrected chi connectivity index (χ2v) is 7.07. The first-order chi connectivity index (χ1) is 15.1. The van der Waals surface area contributed by atoms with Crippen molar-refractivity contribution in [3.63, 3.8) is 0 Å². The summed E-state index contributed by atoms with van der Waals surface area (Å²) in [6.45, 7) is 2.16. The Labute approximate surface area is 183 Å². The molecule has 3 rings (SSSR count). The lowest BCUT2D eigenvalue weighted by Crippen LogP contribution is -2.36. The molecular formula is C24H28N4O3. The summed E-state index contributed by atoms with van der Waals surface area (Å²) in [4.78, 5) is 18.0. The molecule has 31 heavy (non-hydrogen) atoms. The third-order valence-corrected chi connectivity index (χ3v) is 5.00. The fraction of sp³-hybridized carbons (Fsp3) is 0.333. The third-order valence-electron chi connectivity index (χ3n) is 5.00. The Morgan fingerprint density at radius 1 is 1.13 bits per heavy atom. The molecule has 0 radical (unpaired) electrons. The molecule has 0 bridgehead atoms. The van der Waals surface area contributed by atoms with Crippen molar-refractivity contribution in [3.05, 3.63) is 53.6 Å². The van der Waals surface area contributed by atoms with Crippen molar-refractivity contribution in [1.82, 2.24) is 10.6 Å². The average Bonchev–Trinajstić information content (AvgIpc) is 3.24. The zero-order valence-electron chi connectivity index (χ0n) is 18.0. The van der Waals surface area contributed by atoms with Crippen LogP contribution < -0.4 is 25.0 Å². The quantitative estimate of drug-likeness (QED) is 0.390. The molecule has 0 unspecified atom stereocenters. The summed E-state index contributed by atoms with van der Waals surface area (Å²) < 4.78 is 10.9. The number of terminal acetylenes is 1. The standard InChI is InChI=1S/C24H28N4O3/c1-4-14-31-22-15-19(9-12-21(22)30-3)17-27-24(25-2)26-16-18-7-10-20(11-8-18)28-13-5-6-23(28)29/h1,7-12,15H,5-6,13-14,16-17H2,2-3H3,(H2,25,26,27). The molecule has 7 nitrogen and oxygen atoms in total. The number of rotatable bonds is 8. The van der Waals surface area contributed by atoms with Crippen LogP contribution in [0.1, 0.15) is 24.0 Å². The summed E-state index contributed by atoms with van der Waals surface area (Å²) in [6, 6.07) is 13.7. The van der Waals surface area contributed by atoms with Crippen molar-refractivity contribution < 1.29 is 14.3 Å². The second-order valence-electron chi connectivity index (χ2n) is 7.07. The van der Waals surface area contributed by atoms with Gasteiger partial charge in [0.2, 0.25) is 5.91 Å². The van der Waals surface area contributed by atoms with Crippen molar-refractivity contribution in [3.8, 4) is 23.8 Å². The average molecular weight is 421 g/mol. The molecular weight excluding hydrogens is 392 g/mol. The maximum Gasteiger partial charge on any atom is 0.227 e. The van der Waals surface area contributed by atoms with Crippen LogP contribution in [0, 0.1) is 12.3 Å². The summed E-state index contributed by atoms with van der Waals surface area (Å²) in [5.74, 6) is 4.59. The fourth-order valence-corrected chi connectivity index (χ4v) is 3.37. The lowest BCUT2D eigenvalue weighted by molar-refractivity contribution is -0.117. The molecule has 0 aliphatic carbocycles. The molecule has 1 aliphatic heterocycles. The third kappa shape index (κ3) is 5.92. The van der Waals surface area contributed by atoms with E-state index >= 15 is 0 Å². The number of guanidine groups is 1. The number of benzene rings is 2. The summed E-state index contributed by atoms with van der Waals surface area (Å²) in [5, 5.41) is 6.59. The molecule has 1 amide bonds. The highest BCUT2D eigenvalue weighted by Gasteiger charge is 2.21. The van der Waals surface area contributed by atoms with Gasteiger partial charge in [0.1, 0.15) is 6.61 Å². The van der Waals surface area contributed by atoms with Crippen molar-refractivity contribution in [1.29, 1.82) is 0 Å². The van der Waals surface area contributed by atoms with E-state index in [1.165, 1.54) is 0 Å². The van der Waals surface area contributed by atoms with Crippen molar-refractivity contribution in [2.24, 2.45) is 4.99 Å². The topological polar surface area (TPSA) is 75.2 Å². The van der Waals surface area contributed by atoms with Crippen molar-refractivity contribution >= 4 is 17.6 Å². The van der Waals surface area contributed by atoms with E-state index in [9.17, 15) is 4.79 Å². The van der Waals surface area contributed by atoms with Crippen molar-refractivity contribution in [2.45, 2.75) is 25.9 Å². The Morgan fingerprint density at radius 3 is 2.45 bits per heavy atom. The van der Waals surface area contributed by atoms with Crippen LogP contribution in [-0.4, -0.2) is 39.2 Å². The number of amides is 1. The van der Waals surface area contributed by atoms with E-state index in [4.69, 9.17) is 15.9 Å². The maximum absolute atomic E-state index is 11.9. The molecule has 2 aromatic carbocycles. The minimum Gasteiger partial charge on any atom is -0.493 e. The van der Waals surface area contributed by atoms with Gasteiger partial charge < -0.3 is 25.0 Å².